The SMILES string of the molecule is CC(=O)N1CCCC(n2c(C3=CCCC=C3)c(C(=O)N3CCNCC3)n(CCCNS(=O)(=O)c3ccccc3)c2=O)C1. The van der Waals surface area contributed by atoms with Crippen LogP contribution < -0.4 is 15.7 Å². The van der Waals surface area contributed by atoms with Crippen molar-refractivity contribution in [2.75, 3.05) is 45.8 Å². The molecule has 1 aliphatic carbocycles. The molecule has 1 aromatic carbocycles. The fourth-order valence-corrected chi connectivity index (χ4v) is 7.08. The highest BCUT2D eigenvalue weighted by Crippen LogP contribution is 2.31. The molecule has 0 saturated carbocycles. The molecule has 2 aromatic rings. The number of imidazole rings is 1. The summed E-state index contributed by atoms with van der Waals surface area (Å²) in [6.07, 6.45) is 9.60. The van der Waals surface area contributed by atoms with Crippen molar-refractivity contribution in [2.24, 2.45) is 0 Å². The fourth-order valence-electron chi connectivity index (χ4n) is 5.99. The monoisotopic (exact) mass is 596 g/mol. The molecule has 42 heavy (non-hydrogen) atoms. The van der Waals surface area contributed by atoms with Crippen LogP contribution >= 0.6 is 0 Å². The van der Waals surface area contributed by atoms with Crippen LogP contribution in [-0.4, -0.2) is 85.0 Å². The van der Waals surface area contributed by atoms with Crippen molar-refractivity contribution in [3.8, 4) is 0 Å². The predicted molar refractivity (Wildman–Crippen MR) is 161 cm³/mol. The number of aromatic nitrogens is 2. The van der Waals surface area contributed by atoms with E-state index >= 15 is 0 Å². The molecule has 2 fully saturated rings. The molecule has 0 spiro atoms. The third kappa shape index (κ3) is 6.45. The second-order valence-electron chi connectivity index (χ2n) is 11.0. The molecule has 2 amide bonds. The Morgan fingerprint density at radius 1 is 1.05 bits per heavy atom. The lowest BCUT2D eigenvalue weighted by atomic mass is 9.99. The average Bonchev–Trinajstić information content (AvgIpc) is 3.31. The fraction of sp³-hybridized carbons (Fsp3) is 0.500. The number of nitrogens with one attached hydrogen (secondary N) is 2. The van der Waals surface area contributed by atoms with Crippen molar-refractivity contribution < 1.29 is 18.0 Å². The van der Waals surface area contributed by atoms with Gasteiger partial charge in [-0.1, -0.05) is 36.4 Å². The van der Waals surface area contributed by atoms with Crippen LogP contribution in [0.1, 0.15) is 61.3 Å². The smallest absolute Gasteiger partial charge is 0.329 e. The molecule has 1 aromatic heterocycles. The van der Waals surface area contributed by atoms with E-state index in [1.165, 1.54) is 16.7 Å². The topological polar surface area (TPSA) is 126 Å². The number of piperidine rings is 1. The molecular weight excluding hydrogens is 556 g/mol. The number of hydrogen-bond acceptors (Lipinski definition) is 6. The second-order valence-corrected chi connectivity index (χ2v) is 12.8. The van der Waals surface area contributed by atoms with E-state index in [-0.39, 0.29) is 41.5 Å². The molecule has 3 heterocycles. The molecule has 2 saturated heterocycles. The van der Waals surface area contributed by atoms with Gasteiger partial charge in [0.2, 0.25) is 15.9 Å². The van der Waals surface area contributed by atoms with Gasteiger partial charge in [0.25, 0.3) is 5.91 Å². The Balaban J connectivity index is 1.52. The third-order valence-electron chi connectivity index (χ3n) is 8.16. The zero-order chi connectivity index (χ0) is 29.7. The van der Waals surface area contributed by atoms with Gasteiger partial charge >= 0.3 is 5.69 Å². The molecule has 0 radical (unpaired) electrons. The van der Waals surface area contributed by atoms with E-state index in [0.717, 1.165) is 31.3 Å². The maximum atomic E-state index is 14.3. The summed E-state index contributed by atoms with van der Waals surface area (Å²) in [5.74, 6) is -0.236. The molecule has 2 N–H and O–H groups in total. The van der Waals surface area contributed by atoms with Crippen LogP contribution in [-0.2, 0) is 21.4 Å². The minimum absolute atomic E-state index is 0.0340. The van der Waals surface area contributed by atoms with Crippen molar-refractivity contribution >= 4 is 27.4 Å². The highest BCUT2D eigenvalue weighted by Gasteiger charge is 2.35. The summed E-state index contributed by atoms with van der Waals surface area (Å²) in [6.45, 7) is 5.28. The number of benzene rings is 1. The Morgan fingerprint density at radius 2 is 1.81 bits per heavy atom. The Kier molecular flexibility index (Phi) is 9.44. The number of sulfonamides is 1. The number of allylic oxidation sites excluding steroid dienone is 4. The van der Waals surface area contributed by atoms with Crippen molar-refractivity contribution in [2.45, 2.75) is 56.5 Å². The Hall–Kier alpha value is -3.48. The summed E-state index contributed by atoms with van der Waals surface area (Å²) in [5.41, 5.74) is 1.47. The first-order chi connectivity index (χ1) is 20.3. The van der Waals surface area contributed by atoms with Crippen LogP contribution in [0.25, 0.3) is 5.57 Å². The number of carbonyl (C=O) groups excluding carboxylic acids is 2. The van der Waals surface area contributed by atoms with Crippen molar-refractivity contribution in [3.05, 3.63) is 70.4 Å². The lowest BCUT2D eigenvalue weighted by molar-refractivity contribution is -0.130. The van der Waals surface area contributed by atoms with Gasteiger partial charge in [0, 0.05) is 59.3 Å². The first kappa shape index (κ1) is 30.0. The second kappa shape index (κ2) is 13.2. The zero-order valence-corrected chi connectivity index (χ0v) is 24.9. The van der Waals surface area contributed by atoms with Crippen LogP contribution in [0.5, 0.6) is 0 Å². The average molecular weight is 597 g/mol. The van der Waals surface area contributed by atoms with E-state index in [1.54, 1.807) is 39.5 Å². The highest BCUT2D eigenvalue weighted by molar-refractivity contribution is 7.89. The quantitative estimate of drug-likeness (QED) is 0.427. The molecular formula is C30H40N6O5S. The van der Waals surface area contributed by atoms with E-state index < -0.39 is 10.0 Å². The third-order valence-corrected chi connectivity index (χ3v) is 9.64. The normalized spacial score (nSPS) is 19.5. The Bertz CT molecular complexity index is 1520. The molecule has 1 unspecified atom stereocenters. The van der Waals surface area contributed by atoms with Gasteiger partial charge in [-0.3, -0.25) is 18.7 Å². The molecule has 3 aliphatic rings. The predicted octanol–water partition coefficient (Wildman–Crippen LogP) is 1.98. The summed E-state index contributed by atoms with van der Waals surface area (Å²) >= 11 is 0. The number of hydrogen-bond donors (Lipinski definition) is 2. The van der Waals surface area contributed by atoms with E-state index in [9.17, 15) is 22.8 Å². The van der Waals surface area contributed by atoms with Crippen LogP contribution in [0.2, 0.25) is 0 Å². The van der Waals surface area contributed by atoms with Crippen LogP contribution in [0.15, 0.2) is 58.2 Å². The minimum atomic E-state index is -3.70. The van der Waals surface area contributed by atoms with E-state index in [1.807, 2.05) is 6.08 Å². The molecule has 0 bridgehead atoms. The molecule has 11 nitrogen and oxygen atoms in total. The summed E-state index contributed by atoms with van der Waals surface area (Å²) in [5, 5.41) is 3.27. The summed E-state index contributed by atoms with van der Waals surface area (Å²) in [6, 6.07) is 7.88. The Morgan fingerprint density at radius 3 is 2.50 bits per heavy atom. The number of amides is 2. The standard InChI is InChI=1S/C30H40N6O5S/c1-23(37)34-18-8-12-25(22-34)36-27(24-10-4-2-5-11-24)28(29(38)33-20-16-31-17-21-33)35(30(36)39)19-9-15-32-42(40,41)26-13-6-3-7-14-26/h3-4,6-7,10-11,13-14,25,31-32H,2,5,8-9,12,15-22H2,1H3. The van der Waals surface area contributed by atoms with Gasteiger partial charge in [-0.25, -0.2) is 17.9 Å². The maximum Gasteiger partial charge on any atom is 0.329 e. The number of carbonyl (C=O) groups is 2. The molecule has 2 aliphatic heterocycles. The molecule has 1 atom stereocenters. The van der Waals surface area contributed by atoms with E-state index in [2.05, 4.69) is 22.2 Å². The summed E-state index contributed by atoms with van der Waals surface area (Å²) in [7, 11) is -3.70. The molecule has 12 heteroatoms. The van der Waals surface area contributed by atoms with Crippen molar-refractivity contribution in [1.29, 1.82) is 0 Å². The summed E-state index contributed by atoms with van der Waals surface area (Å²) in [4.78, 5) is 44.5. The van der Waals surface area contributed by atoms with E-state index in [4.69, 9.17) is 0 Å². The molecule has 5 rings (SSSR count). The largest absolute Gasteiger partial charge is 0.341 e. The number of piperazine rings is 1. The van der Waals surface area contributed by atoms with Gasteiger partial charge in [-0.15, -0.1) is 0 Å². The lowest BCUT2D eigenvalue weighted by Crippen LogP contribution is -2.47. The lowest BCUT2D eigenvalue weighted by Gasteiger charge is -2.33. The number of rotatable bonds is 9. The van der Waals surface area contributed by atoms with Crippen LogP contribution in [0, 0.1) is 0 Å². The van der Waals surface area contributed by atoms with Crippen LogP contribution in [0.4, 0.5) is 0 Å². The van der Waals surface area contributed by atoms with E-state index in [0.29, 0.717) is 57.1 Å². The highest BCUT2D eigenvalue weighted by atomic mass is 32.2. The maximum absolute atomic E-state index is 14.3. The first-order valence-electron chi connectivity index (χ1n) is 14.8. The Labute approximate surface area is 246 Å². The van der Waals surface area contributed by atoms with Crippen molar-refractivity contribution in [1.82, 2.24) is 29.0 Å². The van der Waals surface area contributed by atoms with Gasteiger partial charge in [0.15, 0.2) is 0 Å². The van der Waals surface area contributed by atoms with Gasteiger partial charge in [-0.2, -0.15) is 0 Å². The molecule has 226 valence electrons. The number of likely N-dealkylation sites (tertiary alicyclic amines) is 1. The van der Waals surface area contributed by atoms with Crippen LogP contribution in [0.3, 0.4) is 0 Å². The van der Waals surface area contributed by atoms with Gasteiger partial charge in [-0.05, 0) is 49.8 Å². The first-order valence-corrected chi connectivity index (χ1v) is 16.3. The van der Waals surface area contributed by atoms with Crippen molar-refractivity contribution in [3.63, 3.8) is 0 Å². The summed E-state index contributed by atoms with van der Waals surface area (Å²) < 4.78 is 31.4. The zero-order valence-electron chi connectivity index (χ0n) is 24.1. The number of nitrogens with zero attached hydrogens (tertiary/aromatic N) is 4. The van der Waals surface area contributed by atoms with Gasteiger partial charge in [0.1, 0.15) is 5.69 Å². The van der Waals surface area contributed by atoms with Gasteiger partial charge < -0.3 is 15.1 Å². The minimum Gasteiger partial charge on any atom is -0.341 e. The van der Waals surface area contributed by atoms with Gasteiger partial charge in [0.05, 0.1) is 16.6 Å².